The van der Waals surface area contributed by atoms with Crippen LogP contribution in [0.4, 0.5) is 10.1 Å². The van der Waals surface area contributed by atoms with E-state index in [4.69, 9.17) is 11.6 Å². The van der Waals surface area contributed by atoms with Gasteiger partial charge in [-0.1, -0.05) is 11.6 Å². The highest BCUT2D eigenvalue weighted by Gasteiger charge is 2.08. The molecule has 0 saturated carbocycles. The molecule has 0 saturated heterocycles. The van der Waals surface area contributed by atoms with Gasteiger partial charge >= 0.3 is 0 Å². The molecule has 2 aromatic carbocycles. The van der Waals surface area contributed by atoms with Gasteiger partial charge in [-0.15, -0.1) is 11.8 Å². The lowest BCUT2D eigenvalue weighted by Crippen LogP contribution is -2.15. The smallest absolute Gasteiger partial charge is 0.234 e. The molecule has 0 aliphatic carbocycles. The summed E-state index contributed by atoms with van der Waals surface area (Å²) < 4.78 is 12.8. The number of thioether (sulfide) groups is 1. The fourth-order valence-electron chi connectivity index (χ4n) is 1.69. The van der Waals surface area contributed by atoms with Crippen LogP contribution in [0.15, 0.2) is 48.5 Å². The fourth-order valence-corrected chi connectivity index (χ4v) is 2.52. The number of nitrogens with one attached hydrogen (secondary N) is 1. The van der Waals surface area contributed by atoms with E-state index in [0.717, 1.165) is 0 Å². The van der Waals surface area contributed by atoms with E-state index in [1.54, 1.807) is 24.3 Å². The predicted octanol–water partition coefficient (Wildman–Crippen LogP) is 4.03. The molecule has 0 fully saturated rings. The normalized spacial score (nSPS) is 10.3. The maximum atomic E-state index is 12.8. The van der Waals surface area contributed by atoms with E-state index in [0.29, 0.717) is 16.3 Å². The first-order valence-electron chi connectivity index (χ1n) is 6.46. The van der Waals surface area contributed by atoms with Gasteiger partial charge in [-0.05, 0) is 48.5 Å². The number of benzene rings is 2. The predicted molar refractivity (Wildman–Crippen MR) is 88.1 cm³/mol. The van der Waals surface area contributed by atoms with Crippen molar-refractivity contribution in [1.82, 2.24) is 0 Å². The molecule has 3 nitrogen and oxygen atoms in total. The van der Waals surface area contributed by atoms with Crippen molar-refractivity contribution in [3.05, 3.63) is 64.9 Å². The maximum Gasteiger partial charge on any atom is 0.234 e. The van der Waals surface area contributed by atoms with Gasteiger partial charge in [-0.2, -0.15) is 0 Å². The first kappa shape index (κ1) is 16.5. The van der Waals surface area contributed by atoms with Crippen molar-refractivity contribution in [2.75, 3.05) is 16.8 Å². The summed E-state index contributed by atoms with van der Waals surface area (Å²) in [4.78, 5) is 23.6. The van der Waals surface area contributed by atoms with Crippen LogP contribution in [0.2, 0.25) is 5.02 Å². The summed E-state index contributed by atoms with van der Waals surface area (Å²) in [7, 11) is 0. The number of hydrogen-bond acceptors (Lipinski definition) is 3. The summed E-state index contributed by atoms with van der Waals surface area (Å²) in [6, 6.07) is 12.1. The second kappa shape index (κ2) is 7.96. The highest BCUT2D eigenvalue weighted by atomic mass is 35.5. The van der Waals surface area contributed by atoms with Crippen molar-refractivity contribution in [1.29, 1.82) is 0 Å². The van der Waals surface area contributed by atoms with E-state index in [1.807, 2.05) is 0 Å². The molecule has 1 N–H and O–H groups in total. The molecule has 0 aliphatic rings. The Kier molecular flexibility index (Phi) is 5.98. The monoisotopic (exact) mass is 337 g/mol. The Bertz CT molecular complexity index is 659. The third-order valence-electron chi connectivity index (χ3n) is 2.76. The molecule has 2 aromatic rings. The highest BCUT2D eigenvalue weighted by molar-refractivity contribution is 8.00. The Hall–Kier alpha value is -1.85. The number of Topliss-reactive ketones (excluding diaryl/α,β-unsaturated/α-hetero) is 1. The van der Waals surface area contributed by atoms with Gasteiger partial charge in [0.05, 0.1) is 11.5 Å². The number of halogens is 2. The zero-order chi connectivity index (χ0) is 15.9. The molecule has 0 radical (unpaired) electrons. The molecule has 2 rings (SSSR count). The minimum Gasteiger partial charge on any atom is -0.325 e. The molecule has 0 unspecified atom stereocenters. The third-order valence-corrected chi connectivity index (χ3v) is 3.95. The van der Waals surface area contributed by atoms with Gasteiger partial charge in [0.15, 0.2) is 5.78 Å². The van der Waals surface area contributed by atoms with Gasteiger partial charge in [-0.3, -0.25) is 9.59 Å². The number of carbonyl (C=O) groups excluding carboxylic acids is 2. The summed E-state index contributed by atoms with van der Waals surface area (Å²) in [6.07, 6.45) is 0. The first-order valence-corrected chi connectivity index (χ1v) is 8.00. The van der Waals surface area contributed by atoms with Crippen LogP contribution in [0.3, 0.4) is 0 Å². The summed E-state index contributed by atoms with van der Waals surface area (Å²) in [5, 5.41) is 3.31. The fraction of sp³-hybridized carbons (Fsp3) is 0.125. The maximum absolute atomic E-state index is 12.8. The number of ketones is 1. The van der Waals surface area contributed by atoms with Crippen LogP contribution in [0.25, 0.3) is 0 Å². The Labute approximate surface area is 136 Å². The van der Waals surface area contributed by atoms with Crippen LogP contribution < -0.4 is 5.32 Å². The third kappa shape index (κ3) is 5.16. The quantitative estimate of drug-likeness (QED) is 0.809. The standard InChI is InChI=1S/C16H13ClFNO2S/c17-12-3-7-14(8-4-12)19-16(21)10-22-9-15(20)11-1-5-13(18)6-2-11/h1-8H,9-10H2,(H,19,21). The number of carbonyl (C=O) groups is 2. The highest BCUT2D eigenvalue weighted by Crippen LogP contribution is 2.14. The van der Waals surface area contributed by atoms with Crippen molar-refractivity contribution in [3.63, 3.8) is 0 Å². The SMILES string of the molecule is O=C(CSCC(=O)c1ccc(F)cc1)Nc1ccc(Cl)cc1. The summed E-state index contributed by atoms with van der Waals surface area (Å²) in [6.45, 7) is 0. The van der Waals surface area contributed by atoms with Gasteiger partial charge in [-0.25, -0.2) is 4.39 Å². The molecule has 0 heterocycles. The molecular weight excluding hydrogens is 325 g/mol. The van der Waals surface area contributed by atoms with Crippen LogP contribution in [0.1, 0.15) is 10.4 Å². The van der Waals surface area contributed by atoms with E-state index in [1.165, 1.54) is 36.0 Å². The zero-order valence-corrected chi connectivity index (χ0v) is 13.1. The van der Waals surface area contributed by atoms with Crippen molar-refractivity contribution in [3.8, 4) is 0 Å². The summed E-state index contributed by atoms with van der Waals surface area (Å²) in [5.74, 6) is -0.384. The summed E-state index contributed by atoms with van der Waals surface area (Å²) >= 11 is 6.97. The van der Waals surface area contributed by atoms with Gasteiger partial charge in [0, 0.05) is 16.3 Å². The van der Waals surface area contributed by atoms with Crippen LogP contribution in [-0.2, 0) is 4.79 Å². The second-order valence-corrected chi connectivity index (χ2v) is 5.90. The number of anilines is 1. The zero-order valence-electron chi connectivity index (χ0n) is 11.5. The minimum absolute atomic E-state index is 0.135. The van der Waals surface area contributed by atoms with E-state index in [-0.39, 0.29) is 29.0 Å². The van der Waals surface area contributed by atoms with Crippen molar-refractivity contribution < 1.29 is 14.0 Å². The van der Waals surface area contributed by atoms with Crippen LogP contribution in [0, 0.1) is 5.82 Å². The van der Waals surface area contributed by atoms with Crippen molar-refractivity contribution in [2.24, 2.45) is 0 Å². The molecule has 0 aliphatic heterocycles. The number of amides is 1. The Morgan fingerprint density at radius 3 is 2.27 bits per heavy atom. The molecule has 1 amide bonds. The van der Waals surface area contributed by atoms with E-state index in [2.05, 4.69) is 5.32 Å². The van der Waals surface area contributed by atoms with Crippen molar-refractivity contribution in [2.45, 2.75) is 0 Å². The topological polar surface area (TPSA) is 46.2 Å². The molecular formula is C16H13ClFNO2S. The molecule has 6 heteroatoms. The average Bonchev–Trinajstić information content (AvgIpc) is 2.50. The lowest BCUT2D eigenvalue weighted by atomic mass is 10.1. The van der Waals surface area contributed by atoms with Gasteiger partial charge < -0.3 is 5.32 Å². The first-order chi connectivity index (χ1) is 10.5. The molecule has 0 bridgehead atoms. The van der Waals surface area contributed by atoms with E-state index in [9.17, 15) is 14.0 Å². The Morgan fingerprint density at radius 1 is 1.00 bits per heavy atom. The van der Waals surface area contributed by atoms with Crippen LogP contribution in [0.5, 0.6) is 0 Å². The van der Waals surface area contributed by atoms with Gasteiger partial charge in [0.2, 0.25) is 5.91 Å². The molecule has 0 spiro atoms. The largest absolute Gasteiger partial charge is 0.325 e. The Balaban J connectivity index is 1.75. The van der Waals surface area contributed by atoms with Crippen molar-refractivity contribution >= 4 is 40.7 Å². The molecule has 114 valence electrons. The number of hydrogen-bond donors (Lipinski definition) is 1. The van der Waals surface area contributed by atoms with E-state index >= 15 is 0 Å². The summed E-state index contributed by atoms with van der Waals surface area (Å²) in [5.41, 5.74) is 1.09. The average molecular weight is 338 g/mol. The van der Waals surface area contributed by atoms with Gasteiger partial charge in [0.1, 0.15) is 5.82 Å². The lowest BCUT2D eigenvalue weighted by Gasteiger charge is -2.05. The number of rotatable bonds is 6. The van der Waals surface area contributed by atoms with Crippen LogP contribution >= 0.6 is 23.4 Å². The van der Waals surface area contributed by atoms with E-state index < -0.39 is 0 Å². The molecule has 0 aromatic heterocycles. The molecule has 22 heavy (non-hydrogen) atoms. The minimum atomic E-state index is -0.383. The van der Waals surface area contributed by atoms with Gasteiger partial charge in [0.25, 0.3) is 0 Å². The second-order valence-electron chi connectivity index (χ2n) is 4.48. The van der Waals surface area contributed by atoms with Crippen LogP contribution in [-0.4, -0.2) is 23.2 Å². The molecule has 0 atom stereocenters. The Morgan fingerprint density at radius 2 is 1.64 bits per heavy atom. The lowest BCUT2D eigenvalue weighted by molar-refractivity contribution is -0.113.